The third-order valence-electron chi connectivity index (χ3n) is 3.43. The number of benzene rings is 2. The average Bonchev–Trinajstić information content (AvgIpc) is 2.38. The van der Waals surface area contributed by atoms with Crippen LogP contribution >= 0.6 is 0 Å². The highest BCUT2D eigenvalue weighted by Crippen LogP contribution is 2.14. The molecule has 104 valence electrons. The fraction of sp³-hybridized carbons (Fsp3) is 0.316. The van der Waals surface area contributed by atoms with Crippen LogP contribution < -0.4 is 0 Å². The molecule has 0 fully saturated rings. The third kappa shape index (κ3) is 3.80. The molecule has 0 amide bonds. The van der Waals surface area contributed by atoms with Crippen LogP contribution in [0.2, 0.25) is 0 Å². The Balaban J connectivity index is 2.17. The quantitative estimate of drug-likeness (QED) is 0.718. The van der Waals surface area contributed by atoms with Crippen LogP contribution in [0.3, 0.4) is 0 Å². The van der Waals surface area contributed by atoms with E-state index in [0.717, 1.165) is 24.0 Å². The van der Waals surface area contributed by atoms with Crippen molar-refractivity contribution in [1.29, 1.82) is 0 Å². The van der Waals surface area contributed by atoms with Gasteiger partial charge in [0.15, 0.2) is 5.78 Å². The van der Waals surface area contributed by atoms with Gasteiger partial charge in [0.05, 0.1) is 0 Å². The number of hydrogen-bond acceptors (Lipinski definition) is 1. The summed E-state index contributed by atoms with van der Waals surface area (Å²) in [4.78, 5) is 12.4. The van der Waals surface area contributed by atoms with Gasteiger partial charge >= 0.3 is 0 Å². The molecule has 0 heterocycles. The molecule has 0 bridgehead atoms. The van der Waals surface area contributed by atoms with Crippen molar-refractivity contribution in [2.75, 3.05) is 0 Å². The highest BCUT2D eigenvalue weighted by atomic mass is 16.1. The SMILES string of the molecule is CCCc1cccc(C(=O)Cc2cc(C)cc(C)c2)c1. The third-order valence-corrected chi connectivity index (χ3v) is 3.43. The zero-order valence-corrected chi connectivity index (χ0v) is 12.6. The van der Waals surface area contributed by atoms with Gasteiger partial charge in [0.2, 0.25) is 0 Å². The molecule has 0 spiro atoms. The molecular weight excluding hydrogens is 244 g/mol. The van der Waals surface area contributed by atoms with Crippen molar-refractivity contribution in [1.82, 2.24) is 0 Å². The predicted molar refractivity (Wildman–Crippen MR) is 84.4 cm³/mol. The molecule has 0 aliphatic carbocycles. The number of carbonyl (C=O) groups is 1. The highest BCUT2D eigenvalue weighted by molar-refractivity contribution is 5.97. The lowest BCUT2D eigenvalue weighted by Gasteiger charge is -2.06. The first-order valence-electron chi connectivity index (χ1n) is 7.28. The van der Waals surface area contributed by atoms with E-state index in [1.807, 2.05) is 18.2 Å². The fourth-order valence-corrected chi connectivity index (χ4v) is 2.65. The first-order chi connectivity index (χ1) is 9.58. The average molecular weight is 266 g/mol. The van der Waals surface area contributed by atoms with Crippen molar-refractivity contribution in [3.05, 3.63) is 70.3 Å². The van der Waals surface area contributed by atoms with Gasteiger partial charge in [-0.15, -0.1) is 0 Å². The van der Waals surface area contributed by atoms with Crippen molar-refractivity contribution in [2.24, 2.45) is 0 Å². The van der Waals surface area contributed by atoms with Gasteiger partial charge in [-0.1, -0.05) is 60.9 Å². The second-order valence-corrected chi connectivity index (χ2v) is 5.55. The minimum atomic E-state index is 0.202. The molecule has 2 aromatic carbocycles. The Labute approximate surface area is 121 Å². The molecule has 1 nitrogen and oxygen atoms in total. The summed E-state index contributed by atoms with van der Waals surface area (Å²) in [7, 11) is 0. The number of rotatable bonds is 5. The molecule has 0 aromatic heterocycles. The van der Waals surface area contributed by atoms with E-state index in [1.54, 1.807) is 0 Å². The van der Waals surface area contributed by atoms with Gasteiger partial charge in [0.25, 0.3) is 0 Å². The normalized spacial score (nSPS) is 10.6. The summed E-state index contributed by atoms with van der Waals surface area (Å²) in [6.45, 7) is 6.30. The first-order valence-corrected chi connectivity index (χ1v) is 7.28. The Morgan fingerprint density at radius 1 is 0.950 bits per heavy atom. The largest absolute Gasteiger partial charge is 0.294 e. The maximum Gasteiger partial charge on any atom is 0.167 e. The molecule has 20 heavy (non-hydrogen) atoms. The van der Waals surface area contributed by atoms with Gasteiger partial charge in [-0.25, -0.2) is 0 Å². The standard InChI is InChI=1S/C19H22O/c1-4-6-16-7-5-8-18(12-16)19(20)13-17-10-14(2)9-15(3)11-17/h5,7-12H,4,6,13H2,1-3H3. The molecule has 2 aromatic rings. The van der Waals surface area contributed by atoms with E-state index in [4.69, 9.17) is 0 Å². The van der Waals surface area contributed by atoms with E-state index < -0.39 is 0 Å². The van der Waals surface area contributed by atoms with Crippen LogP contribution in [-0.2, 0) is 12.8 Å². The lowest BCUT2D eigenvalue weighted by Crippen LogP contribution is -2.04. The number of carbonyl (C=O) groups excluding carboxylic acids is 1. The summed E-state index contributed by atoms with van der Waals surface area (Å²) < 4.78 is 0. The number of hydrogen-bond donors (Lipinski definition) is 0. The lowest BCUT2D eigenvalue weighted by molar-refractivity contribution is 0.0993. The van der Waals surface area contributed by atoms with E-state index in [1.165, 1.54) is 16.7 Å². The van der Waals surface area contributed by atoms with E-state index in [0.29, 0.717) is 6.42 Å². The van der Waals surface area contributed by atoms with Crippen molar-refractivity contribution in [2.45, 2.75) is 40.0 Å². The van der Waals surface area contributed by atoms with Gasteiger partial charge in [-0.3, -0.25) is 4.79 Å². The van der Waals surface area contributed by atoms with E-state index in [9.17, 15) is 4.79 Å². The number of ketones is 1. The minimum absolute atomic E-state index is 0.202. The Morgan fingerprint density at radius 3 is 2.30 bits per heavy atom. The maximum absolute atomic E-state index is 12.4. The molecule has 0 saturated heterocycles. The summed E-state index contributed by atoms with van der Waals surface area (Å²) >= 11 is 0. The van der Waals surface area contributed by atoms with Gasteiger partial charge < -0.3 is 0 Å². The van der Waals surface area contributed by atoms with Gasteiger partial charge in [-0.2, -0.15) is 0 Å². The number of Topliss-reactive ketones (excluding diaryl/α,β-unsaturated/α-hetero) is 1. The summed E-state index contributed by atoms with van der Waals surface area (Å²) in [5.74, 6) is 0.202. The molecule has 0 atom stereocenters. The van der Waals surface area contributed by atoms with Crippen LogP contribution in [0.15, 0.2) is 42.5 Å². The van der Waals surface area contributed by atoms with Crippen LogP contribution in [0.5, 0.6) is 0 Å². The molecule has 0 aliphatic rings. The summed E-state index contributed by atoms with van der Waals surface area (Å²) in [6.07, 6.45) is 2.62. The molecule has 2 rings (SSSR count). The topological polar surface area (TPSA) is 17.1 Å². The molecule has 1 heteroatoms. The van der Waals surface area contributed by atoms with E-state index in [-0.39, 0.29) is 5.78 Å². The zero-order chi connectivity index (χ0) is 14.5. The Bertz CT molecular complexity index is 591. The Kier molecular flexibility index (Phi) is 4.73. The number of aryl methyl sites for hydroxylation is 3. The summed E-state index contributed by atoms with van der Waals surface area (Å²) in [5.41, 5.74) is 5.61. The van der Waals surface area contributed by atoms with Crippen molar-refractivity contribution in [3.8, 4) is 0 Å². The Morgan fingerprint density at radius 2 is 1.65 bits per heavy atom. The fourth-order valence-electron chi connectivity index (χ4n) is 2.65. The smallest absolute Gasteiger partial charge is 0.167 e. The molecule has 0 N–H and O–H groups in total. The highest BCUT2D eigenvalue weighted by Gasteiger charge is 2.08. The predicted octanol–water partition coefficient (Wildman–Crippen LogP) is 4.68. The van der Waals surface area contributed by atoms with Crippen LogP contribution in [-0.4, -0.2) is 5.78 Å². The van der Waals surface area contributed by atoms with Crippen molar-refractivity contribution in [3.63, 3.8) is 0 Å². The van der Waals surface area contributed by atoms with Crippen molar-refractivity contribution >= 4 is 5.78 Å². The van der Waals surface area contributed by atoms with Crippen LogP contribution in [0.25, 0.3) is 0 Å². The molecule has 0 aliphatic heterocycles. The second kappa shape index (κ2) is 6.51. The molecule has 0 unspecified atom stereocenters. The second-order valence-electron chi connectivity index (χ2n) is 5.55. The van der Waals surface area contributed by atoms with Crippen molar-refractivity contribution < 1.29 is 4.79 Å². The molecular formula is C19H22O. The Hall–Kier alpha value is -1.89. The summed E-state index contributed by atoms with van der Waals surface area (Å²) in [6, 6.07) is 14.4. The summed E-state index contributed by atoms with van der Waals surface area (Å²) in [5, 5.41) is 0. The van der Waals surface area contributed by atoms with Gasteiger partial charge in [0, 0.05) is 12.0 Å². The zero-order valence-electron chi connectivity index (χ0n) is 12.6. The van der Waals surface area contributed by atoms with Gasteiger partial charge in [0.1, 0.15) is 0 Å². The minimum Gasteiger partial charge on any atom is -0.294 e. The van der Waals surface area contributed by atoms with Crippen LogP contribution in [0.4, 0.5) is 0 Å². The molecule has 0 saturated carbocycles. The van der Waals surface area contributed by atoms with E-state index in [2.05, 4.69) is 45.0 Å². The lowest BCUT2D eigenvalue weighted by atomic mass is 9.98. The monoisotopic (exact) mass is 266 g/mol. The van der Waals surface area contributed by atoms with Crippen LogP contribution in [0.1, 0.15) is 46.0 Å². The first kappa shape index (κ1) is 14.5. The maximum atomic E-state index is 12.4. The van der Waals surface area contributed by atoms with E-state index >= 15 is 0 Å². The van der Waals surface area contributed by atoms with Gasteiger partial charge in [-0.05, 0) is 37.5 Å². The molecule has 0 radical (unpaired) electrons. The van der Waals surface area contributed by atoms with Crippen LogP contribution in [0, 0.1) is 13.8 Å².